The molecule has 34 heavy (non-hydrogen) atoms. The summed E-state index contributed by atoms with van der Waals surface area (Å²) >= 11 is 7.57. The second-order valence-corrected chi connectivity index (χ2v) is 11.0. The number of nitrogens with zero attached hydrogens (tertiary/aromatic N) is 2. The molecule has 0 aliphatic rings. The minimum Gasteiger partial charge on any atom is -0.267 e. The van der Waals surface area contributed by atoms with Crippen molar-refractivity contribution in [2.75, 3.05) is 0 Å². The van der Waals surface area contributed by atoms with E-state index in [1.54, 1.807) is 0 Å². The average Bonchev–Trinajstić information content (AvgIpc) is 3.26. The zero-order chi connectivity index (χ0) is 24.3. The first-order valence-electron chi connectivity index (χ1n) is 11.4. The Labute approximate surface area is 209 Å². The summed E-state index contributed by atoms with van der Waals surface area (Å²) in [5.41, 5.74) is 7.96. The standard InChI is InChI=1S/C28H28ClN3OS/c1-5-8-23(25-15-16-26(29)34-25)31-32-27(33)21-17-24(30-22-10-7-6-9-20(21)22)18-11-13-19(14-12-18)28(2,3)4/h6-7,9-17H,5,8H2,1-4H3,(H,32,33)/b31-23-. The van der Waals surface area contributed by atoms with Crippen LogP contribution in [0.2, 0.25) is 4.34 Å². The quantitative estimate of drug-likeness (QED) is 0.221. The number of para-hydroxylation sites is 1. The van der Waals surface area contributed by atoms with Gasteiger partial charge in [0.25, 0.3) is 5.91 Å². The van der Waals surface area contributed by atoms with Gasteiger partial charge in [-0.2, -0.15) is 5.10 Å². The van der Waals surface area contributed by atoms with Crippen molar-refractivity contribution in [1.82, 2.24) is 10.4 Å². The normalized spacial score (nSPS) is 12.2. The molecule has 1 N–H and O–H groups in total. The molecular formula is C28H28ClN3OS. The van der Waals surface area contributed by atoms with Crippen molar-refractivity contribution in [1.29, 1.82) is 0 Å². The Balaban J connectivity index is 1.71. The fraction of sp³-hybridized carbons (Fsp3) is 0.250. The number of halogens is 1. The number of nitrogens with one attached hydrogen (secondary N) is 1. The molecule has 4 rings (SSSR count). The highest BCUT2D eigenvalue weighted by molar-refractivity contribution is 7.18. The fourth-order valence-corrected chi connectivity index (χ4v) is 4.83. The van der Waals surface area contributed by atoms with Crippen LogP contribution in [0.25, 0.3) is 22.2 Å². The lowest BCUT2D eigenvalue weighted by atomic mass is 9.86. The average molecular weight is 490 g/mol. The molecule has 1 amide bonds. The molecule has 4 aromatic rings. The Kier molecular flexibility index (Phi) is 7.15. The summed E-state index contributed by atoms with van der Waals surface area (Å²) < 4.78 is 0.701. The molecule has 2 heterocycles. The largest absolute Gasteiger partial charge is 0.272 e. The second-order valence-electron chi connectivity index (χ2n) is 9.25. The molecule has 0 aliphatic carbocycles. The lowest BCUT2D eigenvalue weighted by Crippen LogP contribution is -2.20. The van der Waals surface area contributed by atoms with E-state index in [-0.39, 0.29) is 11.3 Å². The van der Waals surface area contributed by atoms with E-state index in [1.807, 2.05) is 42.5 Å². The number of hydrogen-bond donors (Lipinski definition) is 1. The zero-order valence-electron chi connectivity index (χ0n) is 19.9. The number of hydrazone groups is 1. The lowest BCUT2D eigenvalue weighted by molar-refractivity contribution is 0.0956. The molecule has 6 heteroatoms. The zero-order valence-corrected chi connectivity index (χ0v) is 21.4. The van der Waals surface area contributed by atoms with E-state index in [0.717, 1.165) is 45.6 Å². The van der Waals surface area contributed by atoms with Gasteiger partial charge in [-0.1, -0.05) is 88.2 Å². The number of aromatic nitrogens is 1. The van der Waals surface area contributed by atoms with Gasteiger partial charge in [-0.25, -0.2) is 10.4 Å². The Bertz CT molecular complexity index is 1350. The van der Waals surface area contributed by atoms with Gasteiger partial charge in [-0.3, -0.25) is 4.79 Å². The van der Waals surface area contributed by atoms with Crippen molar-refractivity contribution in [2.24, 2.45) is 5.10 Å². The van der Waals surface area contributed by atoms with Gasteiger partial charge in [-0.05, 0) is 41.7 Å². The van der Waals surface area contributed by atoms with E-state index in [9.17, 15) is 4.79 Å². The summed E-state index contributed by atoms with van der Waals surface area (Å²) in [6.07, 6.45) is 1.66. The minimum atomic E-state index is -0.262. The van der Waals surface area contributed by atoms with Crippen molar-refractivity contribution in [3.63, 3.8) is 0 Å². The SMILES string of the molecule is CCC/C(=N/NC(=O)c1cc(-c2ccc(C(C)(C)C)cc2)nc2ccccc12)c1ccc(Cl)s1. The topological polar surface area (TPSA) is 54.4 Å². The summed E-state index contributed by atoms with van der Waals surface area (Å²) in [5.74, 6) is -0.262. The van der Waals surface area contributed by atoms with Crippen LogP contribution in [0.1, 0.15) is 61.3 Å². The van der Waals surface area contributed by atoms with E-state index < -0.39 is 0 Å². The van der Waals surface area contributed by atoms with Gasteiger partial charge in [0.05, 0.1) is 31.7 Å². The van der Waals surface area contributed by atoms with Gasteiger partial charge >= 0.3 is 0 Å². The van der Waals surface area contributed by atoms with Crippen LogP contribution in [0.3, 0.4) is 0 Å². The second kappa shape index (κ2) is 10.1. The maximum atomic E-state index is 13.3. The van der Waals surface area contributed by atoms with Gasteiger partial charge in [0.1, 0.15) is 0 Å². The van der Waals surface area contributed by atoms with Crippen LogP contribution in [-0.4, -0.2) is 16.6 Å². The van der Waals surface area contributed by atoms with Crippen molar-refractivity contribution in [2.45, 2.75) is 46.0 Å². The smallest absolute Gasteiger partial charge is 0.267 e. The third-order valence-corrected chi connectivity index (χ3v) is 6.92. The van der Waals surface area contributed by atoms with E-state index in [4.69, 9.17) is 16.6 Å². The molecule has 0 spiro atoms. The maximum Gasteiger partial charge on any atom is 0.272 e. The first-order valence-corrected chi connectivity index (χ1v) is 12.6. The van der Waals surface area contributed by atoms with Gasteiger partial charge in [0, 0.05) is 10.9 Å². The molecule has 4 nitrogen and oxygen atoms in total. The van der Waals surface area contributed by atoms with Crippen LogP contribution in [0, 0.1) is 0 Å². The Hall–Kier alpha value is -3.02. The van der Waals surface area contributed by atoms with Crippen LogP contribution in [0.15, 0.2) is 71.8 Å². The van der Waals surface area contributed by atoms with Crippen molar-refractivity contribution in [3.8, 4) is 11.3 Å². The van der Waals surface area contributed by atoms with Gasteiger partial charge in [0.2, 0.25) is 0 Å². The summed E-state index contributed by atoms with van der Waals surface area (Å²) in [5, 5.41) is 5.26. The van der Waals surface area contributed by atoms with Crippen molar-refractivity contribution < 1.29 is 4.79 Å². The van der Waals surface area contributed by atoms with Crippen molar-refractivity contribution >= 4 is 45.5 Å². The number of fused-ring (bicyclic) bond motifs is 1. The number of thiophene rings is 1. The van der Waals surface area contributed by atoms with Crippen LogP contribution >= 0.6 is 22.9 Å². The number of benzene rings is 2. The fourth-order valence-electron chi connectivity index (χ4n) is 3.77. The number of carbonyl (C=O) groups excluding carboxylic acids is 1. The Morgan fingerprint density at radius 1 is 1.06 bits per heavy atom. The number of carbonyl (C=O) groups is 1. The molecule has 0 atom stereocenters. The van der Waals surface area contributed by atoms with Crippen molar-refractivity contribution in [3.05, 3.63) is 87.1 Å². The summed E-state index contributed by atoms with van der Waals surface area (Å²) in [6, 6.07) is 21.7. The molecular weight excluding hydrogens is 462 g/mol. The molecule has 0 unspecified atom stereocenters. The van der Waals surface area contributed by atoms with Crippen LogP contribution in [0.5, 0.6) is 0 Å². The Morgan fingerprint density at radius 3 is 2.44 bits per heavy atom. The Morgan fingerprint density at radius 2 is 1.79 bits per heavy atom. The van der Waals surface area contributed by atoms with E-state index in [2.05, 4.69) is 62.5 Å². The monoisotopic (exact) mass is 489 g/mol. The van der Waals surface area contributed by atoms with Gasteiger partial charge in [0.15, 0.2) is 0 Å². The summed E-state index contributed by atoms with van der Waals surface area (Å²) in [7, 11) is 0. The molecule has 0 fully saturated rings. The molecule has 0 aliphatic heterocycles. The molecule has 2 aromatic heterocycles. The van der Waals surface area contributed by atoms with E-state index in [0.29, 0.717) is 9.90 Å². The first-order chi connectivity index (χ1) is 16.3. The first kappa shape index (κ1) is 24.1. The molecule has 0 bridgehead atoms. The highest BCUT2D eigenvalue weighted by atomic mass is 35.5. The third-order valence-electron chi connectivity index (χ3n) is 5.64. The highest BCUT2D eigenvalue weighted by Crippen LogP contribution is 2.28. The molecule has 0 saturated carbocycles. The van der Waals surface area contributed by atoms with Crippen LogP contribution in [-0.2, 0) is 5.41 Å². The van der Waals surface area contributed by atoms with Gasteiger partial charge < -0.3 is 0 Å². The van der Waals surface area contributed by atoms with E-state index in [1.165, 1.54) is 16.9 Å². The number of amides is 1. The summed E-state index contributed by atoms with van der Waals surface area (Å²) in [6.45, 7) is 8.66. The predicted molar refractivity (Wildman–Crippen MR) is 144 cm³/mol. The molecule has 174 valence electrons. The minimum absolute atomic E-state index is 0.0708. The van der Waals surface area contributed by atoms with Crippen LogP contribution < -0.4 is 5.43 Å². The molecule has 0 radical (unpaired) electrons. The third kappa shape index (κ3) is 5.37. The molecule has 2 aromatic carbocycles. The number of rotatable bonds is 6. The number of hydrogen-bond acceptors (Lipinski definition) is 4. The highest BCUT2D eigenvalue weighted by Gasteiger charge is 2.16. The summed E-state index contributed by atoms with van der Waals surface area (Å²) in [4.78, 5) is 19.1. The number of pyridine rings is 1. The van der Waals surface area contributed by atoms with E-state index >= 15 is 0 Å². The molecule has 0 saturated heterocycles. The van der Waals surface area contributed by atoms with Gasteiger partial charge in [-0.15, -0.1) is 11.3 Å². The lowest BCUT2D eigenvalue weighted by Gasteiger charge is -2.19. The maximum absolute atomic E-state index is 13.3. The predicted octanol–water partition coefficient (Wildman–Crippen LogP) is 7.85. The van der Waals surface area contributed by atoms with Crippen LogP contribution in [0.4, 0.5) is 0 Å².